The molecule has 4 aromatic rings. The largest absolute Gasteiger partial charge is 0.493 e. The van der Waals surface area contributed by atoms with Crippen molar-refractivity contribution in [1.82, 2.24) is 30.0 Å². The number of likely N-dealkylation sites (N-methyl/N-ethyl adjacent to an activating group) is 1. The van der Waals surface area contributed by atoms with Crippen LogP contribution in [0.15, 0.2) is 61.2 Å². The molecule has 9 nitrogen and oxygen atoms in total. The van der Waals surface area contributed by atoms with E-state index in [-0.39, 0.29) is 12.2 Å². The second-order valence-electron chi connectivity index (χ2n) is 9.68. The number of benzene rings is 2. The smallest absolute Gasteiger partial charge is 0.229 e. The van der Waals surface area contributed by atoms with Gasteiger partial charge in [-0.25, -0.2) is 4.98 Å². The number of aromatic amines is 1. The van der Waals surface area contributed by atoms with Gasteiger partial charge in [0.2, 0.25) is 5.95 Å². The van der Waals surface area contributed by atoms with E-state index in [1.807, 2.05) is 48.5 Å². The van der Waals surface area contributed by atoms with Crippen molar-refractivity contribution in [1.29, 1.82) is 0 Å². The monoisotopic (exact) mass is 545 g/mol. The van der Waals surface area contributed by atoms with E-state index in [0.717, 1.165) is 61.7 Å². The SMILES string of the molecule is C=CC(=O)Cc1cccc(-c2nc(Nc3cccc(OCCCN4CCN(C)CC4)c3)nc3n[nH]c(Cl)c23)c1. The summed E-state index contributed by atoms with van der Waals surface area (Å²) in [5.41, 5.74) is 3.52. The molecule has 0 unspecified atom stereocenters. The van der Waals surface area contributed by atoms with Crippen LogP contribution in [0.4, 0.5) is 11.6 Å². The van der Waals surface area contributed by atoms with Gasteiger partial charge in [-0.2, -0.15) is 10.1 Å². The highest BCUT2D eigenvalue weighted by Crippen LogP contribution is 2.32. The van der Waals surface area contributed by atoms with Crippen LogP contribution in [0.5, 0.6) is 5.75 Å². The summed E-state index contributed by atoms with van der Waals surface area (Å²) in [6, 6.07) is 15.4. The predicted molar refractivity (Wildman–Crippen MR) is 155 cm³/mol. The molecular weight excluding hydrogens is 514 g/mol. The number of anilines is 2. The fourth-order valence-electron chi connectivity index (χ4n) is 4.60. The molecule has 0 aliphatic carbocycles. The Morgan fingerprint density at radius 3 is 2.79 bits per heavy atom. The lowest BCUT2D eigenvalue weighted by molar-refractivity contribution is -0.114. The van der Waals surface area contributed by atoms with E-state index in [4.69, 9.17) is 21.3 Å². The van der Waals surface area contributed by atoms with Crippen LogP contribution in [0.25, 0.3) is 22.3 Å². The summed E-state index contributed by atoms with van der Waals surface area (Å²) < 4.78 is 6.03. The van der Waals surface area contributed by atoms with Gasteiger partial charge in [0.1, 0.15) is 10.9 Å². The molecule has 39 heavy (non-hydrogen) atoms. The number of aromatic nitrogens is 4. The first-order valence-electron chi connectivity index (χ1n) is 13.1. The maximum atomic E-state index is 11.9. The minimum atomic E-state index is -0.0508. The van der Waals surface area contributed by atoms with Gasteiger partial charge in [0.25, 0.3) is 0 Å². The molecule has 202 valence electrons. The molecule has 1 fully saturated rings. The average molecular weight is 546 g/mol. The van der Waals surface area contributed by atoms with Gasteiger partial charge in [-0.15, -0.1) is 0 Å². The maximum Gasteiger partial charge on any atom is 0.229 e. The van der Waals surface area contributed by atoms with Crippen molar-refractivity contribution in [2.75, 3.05) is 51.7 Å². The summed E-state index contributed by atoms with van der Waals surface area (Å²) in [5.74, 6) is 1.10. The number of hydrogen-bond donors (Lipinski definition) is 2. The van der Waals surface area contributed by atoms with Crippen molar-refractivity contribution in [2.45, 2.75) is 12.8 Å². The van der Waals surface area contributed by atoms with E-state index in [2.05, 4.69) is 43.9 Å². The molecule has 10 heteroatoms. The Balaban J connectivity index is 1.30. The van der Waals surface area contributed by atoms with Crippen LogP contribution in [0.1, 0.15) is 12.0 Å². The Morgan fingerprint density at radius 1 is 1.15 bits per heavy atom. The number of nitrogens with one attached hydrogen (secondary N) is 2. The molecule has 0 bridgehead atoms. The van der Waals surface area contributed by atoms with Crippen LogP contribution in [-0.2, 0) is 11.2 Å². The Bertz CT molecular complexity index is 1460. The van der Waals surface area contributed by atoms with Crippen LogP contribution in [0.2, 0.25) is 5.15 Å². The first-order valence-corrected chi connectivity index (χ1v) is 13.4. The summed E-state index contributed by atoms with van der Waals surface area (Å²) in [5, 5.41) is 11.3. The van der Waals surface area contributed by atoms with Crippen molar-refractivity contribution in [2.24, 2.45) is 0 Å². The number of ether oxygens (including phenoxy) is 1. The fraction of sp³-hybridized carbons (Fsp3) is 0.310. The molecule has 2 aromatic heterocycles. The van der Waals surface area contributed by atoms with Gasteiger partial charge in [0.15, 0.2) is 11.4 Å². The van der Waals surface area contributed by atoms with Crippen LogP contribution in [-0.4, -0.2) is 82.1 Å². The number of ketones is 1. The van der Waals surface area contributed by atoms with Gasteiger partial charge in [-0.3, -0.25) is 9.89 Å². The number of H-pyrrole nitrogens is 1. The number of fused-ring (bicyclic) bond motifs is 1. The van der Waals surface area contributed by atoms with Crippen molar-refractivity contribution < 1.29 is 9.53 Å². The molecule has 2 aromatic carbocycles. The minimum absolute atomic E-state index is 0.0508. The molecule has 1 saturated heterocycles. The molecule has 1 aliphatic rings. The average Bonchev–Trinajstić information content (AvgIpc) is 3.32. The molecule has 2 N–H and O–H groups in total. The van der Waals surface area contributed by atoms with Crippen LogP contribution >= 0.6 is 11.6 Å². The highest BCUT2D eigenvalue weighted by atomic mass is 35.5. The van der Waals surface area contributed by atoms with E-state index >= 15 is 0 Å². The summed E-state index contributed by atoms with van der Waals surface area (Å²) in [4.78, 5) is 26.1. The zero-order valence-corrected chi connectivity index (χ0v) is 22.7. The normalized spacial score (nSPS) is 14.4. The number of halogens is 1. The molecule has 0 atom stereocenters. The molecule has 0 spiro atoms. The fourth-order valence-corrected chi connectivity index (χ4v) is 4.82. The van der Waals surface area contributed by atoms with Gasteiger partial charge in [-0.05, 0) is 43.3 Å². The van der Waals surface area contributed by atoms with Gasteiger partial charge >= 0.3 is 0 Å². The molecule has 1 aliphatic heterocycles. The molecular formula is C29H32ClN7O2. The Kier molecular flexibility index (Phi) is 8.51. The number of allylic oxidation sites excluding steroid dienone is 1. The number of piperazine rings is 1. The van der Waals surface area contributed by atoms with Gasteiger partial charge in [0.05, 0.1) is 17.7 Å². The number of rotatable bonds is 11. The quantitative estimate of drug-likeness (QED) is 0.206. The van der Waals surface area contributed by atoms with E-state index in [1.54, 1.807) is 0 Å². The Hall–Kier alpha value is -3.79. The standard InChI is InChI=1S/C29H32ClN7O2/c1-3-23(38)18-20-7-4-8-21(17-20)26-25-27(30)34-35-28(25)33-29(32-26)31-22-9-5-10-24(19-22)39-16-6-11-37-14-12-36(2)13-15-37/h3-5,7-10,17,19H,1,6,11-16,18H2,2H3,(H2,31,32,33,34,35). The predicted octanol–water partition coefficient (Wildman–Crippen LogP) is 4.73. The lowest BCUT2D eigenvalue weighted by Crippen LogP contribution is -2.44. The third-order valence-electron chi connectivity index (χ3n) is 6.75. The van der Waals surface area contributed by atoms with Gasteiger partial charge in [0, 0.05) is 56.5 Å². The number of hydrogen-bond acceptors (Lipinski definition) is 8. The highest BCUT2D eigenvalue weighted by Gasteiger charge is 2.17. The summed E-state index contributed by atoms with van der Waals surface area (Å²) in [6.07, 6.45) is 2.57. The Morgan fingerprint density at radius 2 is 1.97 bits per heavy atom. The van der Waals surface area contributed by atoms with Crippen LogP contribution in [0.3, 0.4) is 0 Å². The number of carbonyl (C=O) groups excluding carboxylic acids is 1. The second-order valence-corrected chi connectivity index (χ2v) is 10.1. The number of carbonyl (C=O) groups is 1. The van der Waals surface area contributed by atoms with E-state index in [0.29, 0.717) is 34.4 Å². The molecule has 0 radical (unpaired) electrons. The second kappa shape index (κ2) is 12.4. The zero-order chi connectivity index (χ0) is 27.2. The van der Waals surface area contributed by atoms with E-state index in [1.165, 1.54) is 6.08 Å². The van der Waals surface area contributed by atoms with Crippen molar-refractivity contribution in [3.05, 3.63) is 71.9 Å². The number of nitrogens with zero attached hydrogens (tertiary/aromatic N) is 5. The molecule has 3 heterocycles. The first kappa shape index (κ1) is 26.8. The minimum Gasteiger partial charge on any atom is -0.493 e. The summed E-state index contributed by atoms with van der Waals surface area (Å²) in [6.45, 7) is 9.72. The molecule has 0 saturated carbocycles. The molecule has 0 amide bonds. The van der Waals surface area contributed by atoms with Crippen LogP contribution in [0, 0.1) is 0 Å². The van der Waals surface area contributed by atoms with Crippen molar-refractivity contribution >= 4 is 40.1 Å². The van der Waals surface area contributed by atoms with E-state index < -0.39 is 0 Å². The Labute approximate surface area is 232 Å². The summed E-state index contributed by atoms with van der Waals surface area (Å²) in [7, 11) is 2.17. The maximum absolute atomic E-state index is 11.9. The van der Waals surface area contributed by atoms with Crippen molar-refractivity contribution in [3.63, 3.8) is 0 Å². The van der Waals surface area contributed by atoms with E-state index in [9.17, 15) is 4.79 Å². The first-order chi connectivity index (χ1) is 19.0. The molecule has 5 rings (SSSR count). The third kappa shape index (κ3) is 6.81. The third-order valence-corrected chi connectivity index (χ3v) is 7.02. The van der Waals surface area contributed by atoms with Gasteiger partial charge in [-0.1, -0.05) is 42.4 Å². The topological polar surface area (TPSA) is 99.3 Å². The lowest BCUT2D eigenvalue weighted by atomic mass is 10.0. The summed E-state index contributed by atoms with van der Waals surface area (Å²) >= 11 is 6.42. The lowest BCUT2D eigenvalue weighted by Gasteiger charge is -2.32. The zero-order valence-electron chi connectivity index (χ0n) is 22.0. The highest BCUT2D eigenvalue weighted by molar-refractivity contribution is 6.35. The van der Waals surface area contributed by atoms with Crippen LogP contribution < -0.4 is 10.1 Å². The van der Waals surface area contributed by atoms with Crippen molar-refractivity contribution in [3.8, 4) is 17.0 Å². The van der Waals surface area contributed by atoms with Gasteiger partial charge < -0.3 is 19.9 Å².